The number of pyridine rings is 1. The quantitative estimate of drug-likeness (QED) is 0.620. The van der Waals surface area contributed by atoms with Gasteiger partial charge in [-0.2, -0.15) is 11.8 Å². The summed E-state index contributed by atoms with van der Waals surface area (Å²) in [6.07, 6.45) is 3.45. The molecule has 0 amide bonds. The maximum atomic E-state index is 10.5. The van der Waals surface area contributed by atoms with Crippen molar-refractivity contribution in [1.82, 2.24) is 4.98 Å². The second-order valence-corrected chi connectivity index (χ2v) is 4.63. The van der Waals surface area contributed by atoms with Gasteiger partial charge >= 0.3 is 5.97 Å². The first kappa shape index (κ1) is 11.4. The van der Waals surface area contributed by atoms with E-state index in [2.05, 4.69) is 11.2 Å². The van der Waals surface area contributed by atoms with Crippen molar-refractivity contribution in [1.29, 1.82) is 0 Å². The second-order valence-electron chi connectivity index (χ2n) is 2.53. The van der Waals surface area contributed by atoms with Crippen LogP contribution in [0, 0.1) is 0 Å². The summed E-state index contributed by atoms with van der Waals surface area (Å²) in [5.41, 5.74) is 0.235. The highest BCUT2D eigenvalue weighted by atomic mass is 32.2. The van der Waals surface area contributed by atoms with Crippen LogP contribution in [0.15, 0.2) is 23.4 Å². The highest BCUT2D eigenvalue weighted by Gasteiger charge is 2.02. The van der Waals surface area contributed by atoms with Crippen LogP contribution in [-0.4, -0.2) is 33.8 Å². The molecule has 0 atom stereocenters. The molecule has 0 aliphatic carbocycles. The zero-order valence-electron chi connectivity index (χ0n) is 7.77. The number of carboxylic acid groups (broad SMARTS) is 1. The fourth-order valence-corrected chi connectivity index (χ4v) is 2.32. The van der Waals surface area contributed by atoms with Gasteiger partial charge < -0.3 is 5.11 Å². The molecule has 0 bridgehead atoms. The number of carboxylic acids is 1. The standard InChI is InChI=1S/C9H11NO2S2/c1-13-4-5-14-8-3-2-7(6-10-8)9(11)12/h2-3,6H,4-5H2,1H3,(H,11,12). The molecule has 1 rings (SSSR count). The van der Waals surface area contributed by atoms with Crippen molar-refractivity contribution in [2.45, 2.75) is 5.03 Å². The van der Waals surface area contributed by atoms with Crippen LogP contribution in [-0.2, 0) is 0 Å². The molecule has 1 heterocycles. The van der Waals surface area contributed by atoms with Gasteiger partial charge in [-0.25, -0.2) is 9.78 Å². The Morgan fingerprint density at radius 3 is 2.79 bits per heavy atom. The van der Waals surface area contributed by atoms with Crippen LogP contribution >= 0.6 is 23.5 Å². The number of aromatic nitrogens is 1. The third-order valence-corrected chi connectivity index (χ3v) is 3.34. The highest BCUT2D eigenvalue weighted by molar-refractivity contribution is 8.02. The molecule has 0 aliphatic rings. The van der Waals surface area contributed by atoms with E-state index >= 15 is 0 Å². The number of aromatic carboxylic acids is 1. The lowest BCUT2D eigenvalue weighted by Crippen LogP contribution is -1.96. The van der Waals surface area contributed by atoms with Gasteiger partial charge in [0.1, 0.15) is 0 Å². The summed E-state index contributed by atoms with van der Waals surface area (Å²) >= 11 is 3.43. The van der Waals surface area contributed by atoms with E-state index in [1.165, 1.54) is 6.20 Å². The SMILES string of the molecule is CSCCSc1ccc(C(=O)O)cn1. The maximum absolute atomic E-state index is 10.5. The van der Waals surface area contributed by atoms with E-state index in [-0.39, 0.29) is 5.56 Å². The van der Waals surface area contributed by atoms with Crippen LogP contribution in [0.1, 0.15) is 10.4 Å². The largest absolute Gasteiger partial charge is 0.478 e. The van der Waals surface area contributed by atoms with Crippen molar-refractivity contribution in [3.63, 3.8) is 0 Å². The van der Waals surface area contributed by atoms with Gasteiger partial charge in [0.05, 0.1) is 10.6 Å². The van der Waals surface area contributed by atoms with Crippen LogP contribution in [0.3, 0.4) is 0 Å². The lowest BCUT2D eigenvalue weighted by Gasteiger charge is -1.99. The van der Waals surface area contributed by atoms with Crippen molar-refractivity contribution in [2.75, 3.05) is 17.8 Å². The minimum absolute atomic E-state index is 0.235. The normalized spacial score (nSPS) is 10.1. The minimum atomic E-state index is -0.932. The van der Waals surface area contributed by atoms with Crippen molar-refractivity contribution in [3.8, 4) is 0 Å². The van der Waals surface area contributed by atoms with Crippen LogP contribution in [0.25, 0.3) is 0 Å². The molecule has 0 saturated carbocycles. The zero-order chi connectivity index (χ0) is 10.4. The average Bonchev–Trinajstić information content (AvgIpc) is 2.19. The smallest absolute Gasteiger partial charge is 0.337 e. The summed E-state index contributed by atoms with van der Waals surface area (Å²) in [6.45, 7) is 0. The van der Waals surface area contributed by atoms with Gasteiger partial charge in [0.25, 0.3) is 0 Å². The Morgan fingerprint density at radius 1 is 1.50 bits per heavy atom. The molecular weight excluding hydrogens is 218 g/mol. The molecule has 1 N–H and O–H groups in total. The zero-order valence-corrected chi connectivity index (χ0v) is 9.40. The number of hydrogen-bond donors (Lipinski definition) is 1. The Bertz CT molecular complexity index is 300. The number of rotatable bonds is 5. The predicted molar refractivity (Wildman–Crippen MR) is 60.3 cm³/mol. The van der Waals surface area contributed by atoms with Gasteiger partial charge in [-0.1, -0.05) is 0 Å². The highest BCUT2D eigenvalue weighted by Crippen LogP contribution is 2.16. The van der Waals surface area contributed by atoms with Crippen LogP contribution in [0.4, 0.5) is 0 Å². The molecule has 1 aromatic rings. The Kier molecular flexibility index (Phi) is 4.82. The topological polar surface area (TPSA) is 50.2 Å². The molecule has 3 nitrogen and oxygen atoms in total. The monoisotopic (exact) mass is 229 g/mol. The fraction of sp³-hybridized carbons (Fsp3) is 0.333. The molecule has 14 heavy (non-hydrogen) atoms. The van der Waals surface area contributed by atoms with Crippen LogP contribution < -0.4 is 0 Å². The molecule has 0 unspecified atom stereocenters. The van der Waals surface area contributed by atoms with Gasteiger partial charge in [-0.05, 0) is 18.4 Å². The van der Waals surface area contributed by atoms with E-state index in [9.17, 15) is 4.79 Å². The summed E-state index contributed by atoms with van der Waals surface area (Å²) in [7, 11) is 0. The third kappa shape index (κ3) is 3.59. The summed E-state index contributed by atoms with van der Waals surface area (Å²) in [5, 5.41) is 9.52. The molecule has 1 aromatic heterocycles. The molecule has 0 aliphatic heterocycles. The number of hydrogen-bond acceptors (Lipinski definition) is 4. The average molecular weight is 229 g/mol. The van der Waals surface area contributed by atoms with Gasteiger partial charge in [-0.3, -0.25) is 0 Å². The second kappa shape index (κ2) is 5.93. The summed E-state index contributed by atoms with van der Waals surface area (Å²) in [5.74, 6) is 1.14. The molecule has 0 radical (unpaired) electrons. The minimum Gasteiger partial charge on any atom is -0.478 e. The lowest BCUT2D eigenvalue weighted by atomic mass is 10.3. The molecule has 0 fully saturated rings. The molecule has 0 spiro atoms. The number of nitrogens with zero attached hydrogens (tertiary/aromatic N) is 1. The van der Waals surface area contributed by atoms with Gasteiger partial charge in [0, 0.05) is 17.7 Å². The lowest BCUT2D eigenvalue weighted by molar-refractivity contribution is 0.0696. The summed E-state index contributed by atoms with van der Waals surface area (Å²) in [6, 6.07) is 3.32. The van der Waals surface area contributed by atoms with Crippen molar-refractivity contribution >= 4 is 29.5 Å². The van der Waals surface area contributed by atoms with E-state index in [0.29, 0.717) is 0 Å². The number of thioether (sulfide) groups is 2. The van der Waals surface area contributed by atoms with Crippen LogP contribution in [0.5, 0.6) is 0 Å². The summed E-state index contributed by atoms with van der Waals surface area (Å²) in [4.78, 5) is 14.6. The van der Waals surface area contributed by atoms with E-state index in [4.69, 9.17) is 5.11 Å². The van der Waals surface area contributed by atoms with E-state index in [1.54, 1.807) is 35.7 Å². The van der Waals surface area contributed by atoms with Crippen LogP contribution in [0.2, 0.25) is 0 Å². The van der Waals surface area contributed by atoms with Crippen molar-refractivity contribution in [3.05, 3.63) is 23.9 Å². The van der Waals surface area contributed by atoms with Gasteiger partial charge in [0.2, 0.25) is 0 Å². The Balaban J connectivity index is 2.51. The molecule has 76 valence electrons. The molecule has 0 aromatic carbocycles. The first-order chi connectivity index (χ1) is 6.74. The predicted octanol–water partition coefficient (Wildman–Crippen LogP) is 2.23. The van der Waals surface area contributed by atoms with Crippen molar-refractivity contribution in [2.24, 2.45) is 0 Å². The Hall–Kier alpha value is -0.680. The fourth-order valence-electron chi connectivity index (χ4n) is 0.822. The van der Waals surface area contributed by atoms with E-state index < -0.39 is 5.97 Å². The Morgan fingerprint density at radius 2 is 2.29 bits per heavy atom. The molecule has 5 heteroatoms. The molecular formula is C9H11NO2S2. The van der Waals surface area contributed by atoms with E-state index in [1.807, 2.05) is 0 Å². The van der Waals surface area contributed by atoms with Gasteiger partial charge in [-0.15, -0.1) is 11.8 Å². The number of carbonyl (C=O) groups is 1. The van der Waals surface area contributed by atoms with E-state index in [0.717, 1.165) is 16.5 Å². The molecule has 0 saturated heterocycles. The summed E-state index contributed by atoms with van der Waals surface area (Å²) < 4.78 is 0. The first-order valence-electron chi connectivity index (χ1n) is 4.05. The Labute approximate surface area is 91.3 Å². The first-order valence-corrected chi connectivity index (χ1v) is 6.43. The van der Waals surface area contributed by atoms with Gasteiger partial charge in [0.15, 0.2) is 0 Å². The van der Waals surface area contributed by atoms with Crippen molar-refractivity contribution < 1.29 is 9.90 Å². The maximum Gasteiger partial charge on any atom is 0.337 e. The third-order valence-electron chi connectivity index (χ3n) is 1.52.